The molecule has 0 saturated carbocycles. The van der Waals surface area contributed by atoms with E-state index in [-0.39, 0.29) is 5.75 Å². The van der Waals surface area contributed by atoms with Crippen molar-refractivity contribution in [1.29, 1.82) is 0 Å². The van der Waals surface area contributed by atoms with Gasteiger partial charge in [-0.3, -0.25) is 0 Å². The first-order chi connectivity index (χ1) is 8.41. The molecule has 15 heavy (non-hydrogen) atoms. The highest BCUT2D eigenvalue weighted by Gasteiger charge is 2.12. The predicted molar refractivity (Wildman–Crippen MR) is 58.9 cm³/mol. The van der Waals surface area contributed by atoms with E-state index in [0.717, 1.165) is 5.56 Å². The third-order valence-electron chi connectivity index (χ3n) is 2.06. The predicted octanol–water partition coefficient (Wildman–Crippen LogP) is 1.21. The van der Waals surface area contributed by atoms with E-state index in [1.165, 1.54) is 14.2 Å². The molecule has 0 aliphatic heterocycles. The number of nitrogens with two attached hydrogens (primary N) is 1. The second kappa shape index (κ2) is 5.46. The molecule has 0 unspecified atom stereocenters. The van der Waals surface area contributed by atoms with E-state index < -0.39 is 7.04 Å². The van der Waals surface area contributed by atoms with Gasteiger partial charge in [0, 0.05) is 0 Å². The van der Waals surface area contributed by atoms with Gasteiger partial charge in [-0.15, -0.1) is 0 Å². The first kappa shape index (κ1) is 7.82. The van der Waals surface area contributed by atoms with E-state index in [0.29, 0.717) is 24.5 Å². The van der Waals surface area contributed by atoms with Gasteiger partial charge in [-0.1, -0.05) is 0 Å². The van der Waals surface area contributed by atoms with Gasteiger partial charge in [0.15, 0.2) is 11.5 Å². The minimum atomic E-state index is -2.56. The highest BCUT2D eigenvalue weighted by Crippen LogP contribution is 2.38. The second-order valence-electron chi connectivity index (χ2n) is 2.97. The van der Waals surface area contributed by atoms with E-state index in [4.69, 9.17) is 24.1 Å². The Kier molecular flexibility index (Phi) is 2.84. The van der Waals surface area contributed by atoms with E-state index in [2.05, 4.69) is 0 Å². The van der Waals surface area contributed by atoms with Gasteiger partial charge in [-0.05, 0) is 30.7 Å². The largest absolute Gasteiger partial charge is 0.493 e. The summed E-state index contributed by atoms with van der Waals surface area (Å²) in [5, 5.41) is 0. The standard InChI is InChI=1S/C11H17NO3/c1-13-9-6-8(4-5-12)7-10(14-2)11(9)15-3/h6-7H,4-5,12H2,1-3H3/i3D3. The van der Waals surface area contributed by atoms with Crippen LogP contribution >= 0.6 is 0 Å². The second-order valence-corrected chi connectivity index (χ2v) is 2.97. The minimum absolute atomic E-state index is 0.0702. The monoisotopic (exact) mass is 214 g/mol. The normalized spacial score (nSPS) is 13.7. The summed E-state index contributed by atoms with van der Waals surface area (Å²) >= 11 is 0. The quantitative estimate of drug-likeness (QED) is 0.800. The van der Waals surface area contributed by atoms with Crippen molar-refractivity contribution < 1.29 is 18.3 Å². The molecule has 0 aromatic heterocycles. The van der Waals surface area contributed by atoms with Crippen LogP contribution in [0.3, 0.4) is 0 Å². The Morgan fingerprint density at radius 3 is 2.20 bits per heavy atom. The average Bonchev–Trinajstić information content (AvgIpc) is 2.29. The lowest BCUT2D eigenvalue weighted by molar-refractivity contribution is 0.324. The summed E-state index contributed by atoms with van der Waals surface area (Å²) in [5.41, 5.74) is 6.37. The van der Waals surface area contributed by atoms with Crippen LogP contribution in [0, 0.1) is 0 Å². The average molecular weight is 214 g/mol. The van der Waals surface area contributed by atoms with Gasteiger partial charge < -0.3 is 19.9 Å². The van der Waals surface area contributed by atoms with Gasteiger partial charge in [0.05, 0.1) is 25.4 Å². The molecule has 4 heteroatoms. The fourth-order valence-electron chi connectivity index (χ4n) is 1.35. The summed E-state index contributed by atoms with van der Waals surface area (Å²) in [7, 11) is 0.316. The fraction of sp³-hybridized carbons (Fsp3) is 0.455. The van der Waals surface area contributed by atoms with E-state index in [1.807, 2.05) is 0 Å². The molecule has 0 atom stereocenters. The van der Waals surface area contributed by atoms with Crippen LogP contribution in [0.2, 0.25) is 0 Å². The van der Waals surface area contributed by atoms with Gasteiger partial charge in [0.1, 0.15) is 0 Å². The van der Waals surface area contributed by atoms with Crippen LogP contribution in [0.4, 0.5) is 0 Å². The lowest BCUT2D eigenvalue weighted by Crippen LogP contribution is -2.04. The molecule has 0 radical (unpaired) electrons. The smallest absolute Gasteiger partial charge is 0.203 e. The van der Waals surface area contributed by atoms with Crippen LogP contribution < -0.4 is 19.9 Å². The summed E-state index contributed by atoms with van der Waals surface area (Å²) < 4.78 is 36.5. The van der Waals surface area contributed by atoms with Crippen LogP contribution in [0.5, 0.6) is 17.2 Å². The molecule has 0 aliphatic carbocycles. The van der Waals surface area contributed by atoms with Crippen molar-refractivity contribution in [3.8, 4) is 17.2 Å². The Labute approximate surface area is 94.2 Å². The molecule has 0 amide bonds. The van der Waals surface area contributed by atoms with E-state index >= 15 is 0 Å². The molecule has 1 rings (SSSR count). The highest BCUT2D eigenvalue weighted by molar-refractivity contribution is 5.53. The van der Waals surface area contributed by atoms with Crippen molar-refractivity contribution in [2.24, 2.45) is 5.73 Å². The SMILES string of the molecule is [2H]C([2H])([2H])Oc1c(OC)cc(CCN)cc1OC. The summed E-state index contributed by atoms with van der Waals surface area (Å²) in [6, 6.07) is 3.38. The van der Waals surface area contributed by atoms with Crippen LogP contribution in [0.25, 0.3) is 0 Å². The molecule has 4 nitrogen and oxygen atoms in total. The van der Waals surface area contributed by atoms with Crippen LogP contribution in [0.1, 0.15) is 9.68 Å². The summed E-state index contributed by atoms with van der Waals surface area (Å²) in [4.78, 5) is 0. The zero-order chi connectivity index (χ0) is 13.8. The maximum atomic E-state index is 7.13. The summed E-state index contributed by atoms with van der Waals surface area (Å²) in [6.45, 7) is 0.478. The molecule has 0 spiro atoms. The Morgan fingerprint density at radius 2 is 1.80 bits per heavy atom. The van der Waals surface area contributed by atoms with Gasteiger partial charge >= 0.3 is 0 Å². The van der Waals surface area contributed by atoms with Crippen molar-refractivity contribution in [3.05, 3.63) is 17.7 Å². The van der Waals surface area contributed by atoms with Crippen molar-refractivity contribution in [3.63, 3.8) is 0 Å². The van der Waals surface area contributed by atoms with Crippen molar-refractivity contribution >= 4 is 0 Å². The van der Waals surface area contributed by atoms with Gasteiger partial charge in [0.25, 0.3) is 0 Å². The van der Waals surface area contributed by atoms with Gasteiger partial charge in [-0.25, -0.2) is 0 Å². The number of hydrogen-bond donors (Lipinski definition) is 1. The van der Waals surface area contributed by atoms with Gasteiger partial charge in [-0.2, -0.15) is 0 Å². The number of rotatable bonds is 5. The molecule has 1 aromatic rings. The first-order valence-corrected chi connectivity index (χ1v) is 4.55. The maximum absolute atomic E-state index is 7.13. The van der Waals surface area contributed by atoms with Crippen molar-refractivity contribution in [2.75, 3.05) is 27.8 Å². The Hall–Kier alpha value is -1.42. The molecule has 0 heterocycles. The van der Waals surface area contributed by atoms with Gasteiger partial charge in [0.2, 0.25) is 5.75 Å². The Morgan fingerprint density at radius 1 is 1.20 bits per heavy atom. The number of benzene rings is 1. The summed E-state index contributed by atoms with van der Waals surface area (Å²) in [6.07, 6.45) is 0.640. The van der Waals surface area contributed by atoms with Crippen molar-refractivity contribution in [1.82, 2.24) is 0 Å². The summed E-state index contributed by atoms with van der Waals surface area (Å²) in [5.74, 6) is 0.698. The number of ether oxygens (including phenoxy) is 3. The molecule has 2 N–H and O–H groups in total. The lowest BCUT2D eigenvalue weighted by Gasteiger charge is -2.13. The number of hydrogen-bond acceptors (Lipinski definition) is 4. The molecule has 84 valence electrons. The third kappa shape index (κ3) is 2.53. The first-order valence-electron chi connectivity index (χ1n) is 6.05. The fourth-order valence-corrected chi connectivity index (χ4v) is 1.35. The number of methoxy groups -OCH3 is 3. The molecule has 0 fully saturated rings. The topological polar surface area (TPSA) is 53.7 Å². The zero-order valence-electron chi connectivity index (χ0n) is 11.9. The van der Waals surface area contributed by atoms with Crippen LogP contribution in [0.15, 0.2) is 12.1 Å². The van der Waals surface area contributed by atoms with Crippen molar-refractivity contribution in [2.45, 2.75) is 6.42 Å². The van der Waals surface area contributed by atoms with E-state index in [1.54, 1.807) is 12.1 Å². The Bertz CT molecular complexity index is 382. The Balaban J connectivity index is 3.21. The zero-order valence-corrected chi connectivity index (χ0v) is 8.87. The molecular formula is C11H17NO3. The lowest BCUT2D eigenvalue weighted by atomic mass is 10.1. The molecule has 1 aromatic carbocycles. The maximum Gasteiger partial charge on any atom is 0.203 e. The third-order valence-corrected chi connectivity index (χ3v) is 2.06. The molecular weight excluding hydrogens is 194 g/mol. The molecule has 0 aliphatic rings. The minimum Gasteiger partial charge on any atom is -0.493 e. The van der Waals surface area contributed by atoms with Crippen LogP contribution in [-0.4, -0.2) is 27.8 Å². The van der Waals surface area contributed by atoms with Crippen LogP contribution in [-0.2, 0) is 6.42 Å². The van der Waals surface area contributed by atoms with E-state index in [9.17, 15) is 0 Å². The molecule has 0 saturated heterocycles. The molecule has 0 bridgehead atoms. The highest BCUT2D eigenvalue weighted by atomic mass is 16.5.